The van der Waals surface area contributed by atoms with E-state index in [2.05, 4.69) is 15.5 Å². The molecule has 0 unspecified atom stereocenters. The van der Waals surface area contributed by atoms with Crippen molar-refractivity contribution >= 4 is 51.3 Å². The number of rotatable bonds is 3. The van der Waals surface area contributed by atoms with E-state index in [9.17, 15) is 9.59 Å². The van der Waals surface area contributed by atoms with Gasteiger partial charge in [-0.3, -0.25) is 14.7 Å². The second kappa shape index (κ2) is 5.19. The van der Waals surface area contributed by atoms with Gasteiger partial charge in [-0.15, -0.1) is 11.3 Å². The predicted octanol–water partition coefficient (Wildman–Crippen LogP) is 2.63. The number of nitrogens with two attached hydrogens (primary N) is 1. The second-order valence-corrected chi connectivity index (χ2v) is 5.57. The number of nitrogens with one attached hydrogen (secondary N) is 2. The van der Waals surface area contributed by atoms with Gasteiger partial charge in [0.15, 0.2) is 5.69 Å². The minimum absolute atomic E-state index is 0.134. The topological polar surface area (TPSA) is 101 Å². The molecule has 0 aliphatic carbocycles. The third kappa shape index (κ3) is 2.48. The molecule has 0 spiro atoms. The number of halogens is 1. The molecule has 0 atom stereocenters. The molecule has 2 amide bonds. The number of thiophene rings is 1. The van der Waals surface area contributed by atoms with E-state index in [1.54, 1.807) is 29.6 Å². The van der Waals surface area contributed by atoms with Crippen LogP contribution in [0.1, 0.15) is 20.2 Å². The molecule has 106 valence electrons. The van der Waals surface area contributed by atoms with E-state index in [-0.39, 0.29) is 11.6 Å². The molecule has 6 nitrogen and oxygen atoms in total. The summed E-state index contributed by atoms with van der Waals surface area (Å²) in [5.41, 5.74) is 6.57. The smallest absolute Gasteiger partial charge is 0.269 e. The van der Waals surface area contributed by atoms with Crippen molar-refractivity contribution in [2.75, 3.05) is 5.32 Å². The van der Waals surface area contributed by atoms with E-state index in [1.165, 1.54) is 11.3 Å². The number of hydrogen-bond donors (Lipinski definition) is 3. The molecule has 3 aromatic rings. The summed E-state index contributed by atoms with van der Waals surface area (Å²) in [5, 5.41) is 12.0. The van der Waals surface area contributed by atoms with Crippen LogP contribution in [0, 0.1) is 0 Å². The summed E-state index contributed by atoms with van der Waals surface area (Å²) in [6, 6.07) is 6.70. The van der Waals surface area contributed by atoms with Crippen LogP contribution in [0.15, 0.2) is 29.6 Å². The van der Waals surface area contributed by atoms with Gasteiger partial charge in [0, 0.05) is 11.1 Å². The Morgan fingerprint density at radius 2 is 2.14 bits per heavy atom. The Labute approximate surface area is 127 Å². The summed E-state index contributed by atoms with van der Waals surface area (Å²) in [7, 11) is 0. The van der Waals surface area contributed by atoms with Crippen LogP contribution < -0.4 is 11.1 Å². The highest BCUT2D eigenvalue weighted by Crippen LogP contribution is 2.25. The molecule has 3 rings (SSSR count). The lowest BCUT2D eigenvalue weighted by molar-refractivity contribution is 0.0995. The zero-order chi connectivity index (χ0) is 15.0. The van der Waals surface area contributed by atoms with Gasteiger partial charge in [-0.1, -0.05) is 11.6 Å². The molecule has 0 radical (unpaired) electrons. The van der Waals surface area contributed by atoms with E-state index < -0.39 is 5.91 Å². The summed E-state index contributed by atoms with van der Waals surface area (Å²) in [6.07, 6.45) is 0. The summed E-state index contributed by atoms with van der Waals surface area (Å²) in [5.74, 6) is -0.940. The van der Waals surface area contributed by atoms with Crippen molar-refractivity contribution in [3.8, 4) is 0 Å². The maximum Gasteiger partial charge on any atom is 0.269 e. The van der Waals surface area contributed by atoms with Crippen molar-refractivity contribution in [3.05, 3.63) is 45.2 Å². The number of H-pyrrole nitrogens is 1. The maximum absolute atomic E-state index is 12.1. The molecule has 1 aromatic carbocycles. The van der Waals surface area contributed by atoms with Crippen molar-refractivity contribution < 1.29 is 9.59 Å². The minimum Gasteiger partial charge on any atom is -0.364 e. The fourth-order valence-electron chi connectivity index (χ4n) is 1.92. The van der Waals surface area contributed by atoms with Crippen molar-refractivity contribution in [2.24, 2.45) is 5.73 Å². The molecule has 2 aromatic heterocycles. The lowest BCUT2D eigenvalue weighted by Crippen LogP contribution is -2.12. The fraction of sp³-hybridized carbons (Fsp3) is 0. The number of anilines is 1. The Hall–Kier alpha value is -2.38. The summed E-state index contributed by atoms with van der Waals surface area (Å²) in [6.45, 7) is 0. The van der Waals surface area contributed by atoms with Crippen LogP contribution in [-0.4, -0.2) is 22.0 Å². The number of carbonyl (C=O) groups is 2. The highest BCUT2D eigenvalue weighted by molar-refractivity contribution is 7.12. The van der Waals surface area contributed by atoms with Crippen molar-refractivity contribution in [2.45, 2.75) is 0 Å². The largest absolute Gasteiger partial charge is 0.364 e. The van der Waals surface area contributed by atoms with Crippen molar-refractivity contribution in [1.29, 1.82) is 0 Å². The number of amides is 2. The highest BCUT2D eigenvalue weighted by atomic mass is 35.5. The van der Waals surface area contributed by atoms with Gasteiger partial charge < -0.3 is 11.1 Å². The van der Waals surface area contributed by atoms with Crippen LogP contribution in [0.25, 0.3) is 10.9 Å². The van der Waals surface area contributed by atoms with Crippen LogP contribution in [-0.2, 0) is 0 Å². The Morgan fingerprint density at radius 1 is 1.33 bits per heavy atom. The molecule has 0 aliphatic heterocycles. The first kappa shape index (κ1) is 13.6. The molecule has 0 aliphatic rings. The molecule has 0 saturated carbocycles. The minimum atomic E-state index is -0.633. The maximum atomic E-state index is 12.1. The number of fused-ring (bicyclic) bond motifs is 1. The van der Waals surface area contributed by atoms with Gasteiger partial charge in [0.1, 0.15) is 4.88 Å². The first-order valence-electron chi connectivity index (χ1n) is 5.88. The van der Waals surface area contributed by atoms with Gasteiger partial charge in [0.25, 0.3) is 11.8 Å². The zero-order valence-electron chi connectivity index (χ0n) is 10.5. The molecule has 0 saturated heterocycles. The molecule has 4 N–H and O–H groups in total. The van der Waals surface area contributed by atoms with Gasteiger partial charge in [-0.2, -0.15) is 5.10 Å². The summed E-state index contributed by atoms with van der Waals surface area (Å²) in [4.78, 5) is 23.8. The molecule has 21 heavy (non-hydrogen) atoms. The third-order valence-electron chi connectivity index (χ3n) is 2.88. The van der Waals surface area contributed by atoms with Crippen LogP contribution in [0.5, 0.6) is 0 Å². The van der Waals surface area contributed by atoms with Crippen molar-refractivity contribution in [3.63, 3.8) is 0 Å². The van der Waals surface area contributed by atoms with Gasteiger partial charge in [0.2, 0.25) is 0 Å². The lowest BCUT2D eigenvalue weighted by Gasteiger charge is -2.04. The van der Waals surface area contributed by atoms with E-state index in [0.29, 0.717) is 26.5 Å². The Bertz CT molecular complexity index is 855. The summed E-state index contributed by atoms with van der Waals surface area (Å²) < 4.78 is 0. The number of primary amides is 1. The average Bonchev–Trinajstić information content (AvgIpc) is 3.04. The van der Waals surface area contributed by atoms with E-state index in [0.717, 1.165) is 0 Å². The molecule has 0 bridgehead atoms. The molecule has 2 heterocycles. The van der Waals surface area contributed by atoms with E-state index in [4.69, 9.17) is 17.3 Å². The normalized spacial score (nSPS) is 10.7. The van der Waals surface area contributed by atoms with Crippen LogP contribution in [0.4, 0.5) is 5.69 Å². The number of aromatic amines is 1. The number of aromatic nitrogens is 2. The summed E-state index contributed by atoms with van der Waals surface area (Å²) >= 11 is 7.17. The van der Waals surface area contributed by atoms with E-state index >= 15 is 0 Å². The predicted molar refractivity (Wildman–Crippen MR) is 81.9 cm³/mol. The quantitative estimate of drug-likeness (QED) is 0.691. The Kier molecular flexibility index (Phi) is 3.36. The fourth-order valence-corrected chi connectivity index (χ4v) is 2.96. The van der Waals surface area contributed by atoms with Crippen LogP contribution >= 0.6 is 22.9 Å². The van der Waals surface area contributed by atoms with Crippen molar-refractivity contribution in [1.82, 2.24) is 10.2 Å². The molecule has 0 fully saturated rings. The number of hydrogen-bond acceptors (Lipinski definition) is 4. The van der Waals surface area contributed by atoms with E-state index in [1.807, 2.05) is 0 Å². The number of carbonyl (C=O) groups excluding carboxylic acids is 2. The Morgan fingerprint density at radius 3 is 2.81 bits per heavy atom. The molecule has 8 heteroatoms. The molecular formula is C13H9ClN4O2S. The monoisotopic (exact) mass is 320 g/mol. The van der Waals surface area contributed by atoms with Gasteiger partial charge in [-0.25, -0.2) is 0 Å². The van der Waals surface area contributed by atoms with Gasteiger partial charge in [-0.05, 0) is 29.6 Å². The standard InChI is InChI=1S/C13H9ClN4O2S/c14-8-3-4-21-11(8)13(20)16-6-1-2-9-7(5-6)10(12(15)19)18-17-9/h1-5H,(H2,15,19)(H,16,20)(H,17,18). The first-order chi connectivity index (χ1) is 10.1. The molecular weight excluding hydrogens is 312 g/mol. The zero-order valence-corrected chi connectivity index (χ0v) is 12.1. The van der Waals surface area contributed by atoms with Crippen LogP contribution in [0.3, 0.4) is 0 Å². The SMILES string of the molecule is NC(=O)c1n[nH]c2ccc(NC(=O)c3sccc3Cl)cc12. The Balaban J connectivity index is 1.94. The highest BCUT2D eigenvalue weighted by Gasteiger charge is 2.14. The third-order valence-corrected chi connectivity index (χ3v) is 4.22. The van der Waals surface area contributed by atoms with Gasteiger partial charge in [0.05, 0.1) is 10.5 Å². The lowest BCUT2D eigenvalue weighted by atomic mass is 10.2. The number of nitrogens with zero attached hydrogens (tertiary/aromatic N) is 1. The number of benzene rings is 1. The second-order valence-electron chi connectivity index (χ2n) is 4.25. The first-order valence-corrected chi connectivity index (χ1v) is 7.14. The van der Waals surface area contributed by atoms with Crippen LogP contribution in [0.2, 0.25) is 5.02 Å². The van der Waals surface area contributed by atoms with Gasteiger partial charge >= 0.3 is 0 Å². The average molecular weight is 321 g/mol.